The van der Waals surface area contributed by atoms with Crippen molar-refractivity contribution in [3.63, 3.8) is 0 Å². The van der Waals surface area contributed by atoms with Gasteiger partial charge in [-0.2, -0.15) is 0 Å². The summed E-state index contributed by atoms with van der Waals surface area (Å²) in [4.78, 5) is 27.8. The zero-order chi connectivity index (χ0) is 19.4. The molecule has 3 rings (SSSR count). The molecule has 2 aliphatic heterocycles. The molecule has 0 unspecified atom stereocenters. The molecule has 0 saturated carbocycles. The maximum absolute atomic E-state index is 12.2. The first-order valence-corrected chi connectivity index (χ1v) is 9.32. The van der Waals surface area contributed by atoms with Crippen molar-refractivity contribution in [2.45, 2.75) is 32.5 Å². The Morgan fingerprint density at radius 3 is 2.48 bits per heavy atom. The first-order chi connectivity index (χ1) is 12.8. The second kappa shape index (κ2) is 8.04. The van der Waals surface area contributed by atoms with Crippen molar-refractivity contribution in [1.29, 1.82) is 0 Å². The third-order valence-corrected chi connectivity index (χ3v) is 4.39. The molecule has 2 saturated heterocycles. The molecule has 8 heteroatoms. The molecular formula is C19H28N4O4. The molecule has 0 aromatic heterocycles. The van der Waals surface area contributed by atoms with E-state index in [2.05, 4.69) is 15.5 Å². The Balaban J connectivity index is 1.53. The molecule has 0 bridgehead atoms. The van der Waals surface area contributed by atoms with Crippen LogP contribution in [0.5, 0.6) is 0 Å². The molecule has 2 heterocycles. The van der Waals surface area contributed by atoms with Gasteiger partial charge in [0.25, 0.3) is 0 Å². The van der Waals surface area contributed by atoms with Gasteiger partial charge in [0.1, 0.15) is 11.7 Å². The van der Waals surface area contributed by atoms with Crippen LogP contribution in [-0.2, 0) is 9.47 Å². The predicted octanol–water partition coefficient (Wildman–Crippen LogP) is 1.95. The van der Waals surface area contributed by atoms with E-state index in [0.29, 0.717) is 6.54 Å². The van der Waals surface area contributed by atoms with E-state index in [1.165, 1.54) is 0 Å². The summed E-state index contributed by atoms with van der Waals surface area (Å²) in [5.74, 6) is 0. The van der Waals surface area contributed by atoms with E-state index in [1.807, 2.05) is 24.3 Å². The Morgan fingerprint density at radius 1 is 1.22 bits per heavy atom. The molecule has 148 valence electrons. The number of benzene rings is 1. The van der Waals surface area contributed by atoms with E-state index in [4.69, 9.17) is 9.47 Å². The monoisotopic (exact) mass is 376 g/mol. The highest BCUT2D eigenvalue weighted by Crippen LogP contribution is 2.25. The van der Waals surface area contributed by atoms with Crippen LogP contribution in [0.3, 0.4) is 0 Å². The Labute approximate surface area is 159 Å². The lowest BCUT2D eigenvalue weighted by atomic mass is 10.2. The number of ether oxygens (including phenoxy) is 2. The molecule has 8 nitrogen and oxygen atoms in total. The van der Waals surface area contributed by atoms with E-state index < -0.39 is 23.9 Å². The third kappa shape index (κ3) is 5.26. The van der Waals surface area contributed by atoms with E-state index in [0.717, 1.165) is 37.6 Å². The van der Waals surface area contributed by atoms with Gasteiger partial charge in [0.15, 0.2) is 0 Å². The summed E-state index contributed by atoms with van der Waals surface area (Å²) in [5.41, 5.74) is 1.38. The number of carbonyl (C=O) groups is 2. The van der Waals surface area contributed by atoms with Crippen molar-refractivity contribution in [3.05, 3.63) is 24.3 Å². The minimum Gasteiger partial charge on any atom is -0.444 e. The minimum absolute atomic E-state index is 0.218. The molecule has 1 atom stereocenters. The van der Waals surface area contributed by atoms with Crippen LogP contribution in [0.1, 0.15) is 20.8 Å². The largest absolute Gasteiger partial charge is 0.444 e. The Morgan fingerprint density at radius 2 is 1.85 bits per heavy atom. The molecular weight excluding hydrogens is 348 g/mol. The SMILES string of the molecule is CC(C)(C)OC(=O)NC[C@H]1CN(c2ccc(N3CCNCC3)cc2)C(=O)O1. The van der Waals surface area contributed by atoms with Gasteiger partial charge in [-0.3, -0.25) is 4.90 Å². The van der Waals surface area contributed by atoms with Crippen molar-refractivity contribution < 1.29 is 19.1 Å². The van der Waals surface area contributed by atoms with Crippen molar-refractivity contribution >= 4 is 23.6 Å². The number of alkyl carbamates (subject to hydrolysis) is 1. The van der Waals surface area contributed by atoms with E-state index in [1.54, 1.807) is 25.7 Å². The van der Waals surface area contributed by atoms with Crippen molar-refractivity contribution in [2.75, 3.05) is 49.1 Å². The van der Waals surface area contributed by atoms with Gasteiger partial charge in [0.05, 0.1) is 13.1 Å². The smallest absolute Gasteiger partial charge is 0.414 e. The highest BCUT2D eigenvalue weighted by molar-refractivity contribution is 5.90. The van der Waals surface area contributed by atoms with E-state index >= 15 is 0 Å². The number of cyclic esters (lactones) is 1. The van der Waals surface area contributed by atoms with Crippen LogP contribution < -0.4 is 20.4 Å². The molecule has 2 N–H and O–H groups in total. The Kier molecular flexibility index (Phi) is 5.74. The summed E-state index contributed by atoms with van der Waals surface area (Å²) in [6.07, 6.45) is -1.32. The predicted molar refractivity (Wildman–Crippen MR) is 103 cm³/mol. The van der Waals surface area contributed by atoms with Gasteiger partial charge in [-0.15, -0.1) is 0 Å². The maximum Gasteiger partial charge on any atom is 0.414 e. The number of amides is 2. The van der Waals surface area contributed by atoms with Crippen LogP contribution in [0, 0.1) is 0 Å². The Bertz CT molecular complexity index is 665. The topological polar surface area (TPSA) is 83.1 Å². The standard InChI is InChI=1S/C19H28N4O4/c1-19(2,3)27-17(24)21-12-16-13-23(18(25)26-16)15-6-4-14(5-7-15)22-10-8-20-9-11-22/h4-7,16,20H,8-13H2,1-3H3,(H,21,24)/t16-/m0/s1. The molecule has 2 amide bonds. The van der Waals surface area contributed by atoms with Gasteiger partial charge >= 0.3 is 12.2 Å². The second-order valence-electron chi connectivity index (χ2n) is 7.75. The third-order valence-electron chi connectivity index (χ3n) is 4.39. The summed E-state index contributed by atoms with van der Waals surface area (Å²) in [7, 11) is 0. The van der Waals surface area contributed by atoms with E-state index in [9.17, 15) is 9.59 Å². The fraction of sp³-hybridized carbons (Fsp3) is 0.579. The molecule has 0 spiro atoms. The van der Waals surface area contributed by atoms with Gasteiger partial charge in [0.2, 0.25) is 0 Å². The molecule has 1 aromatic carbocycles. The zero-order valence-corrected chi connectivity index (χ0v) is 16.2. The van der Waals surface area contributed by atoms with Gasteiger partial charge in [-0.05, 0) is 45.0 Å². The minimum atomic E-state index is -0.561. The number of nitrogens with zero attached hydrogens (tertiary/aromatic N) is 2. The number of nitrogens with one attached hydrogen (secondary N) is 2. The quantitative estimate of drug-likeness (QED) is 0.836. The fourth-order valence-electron chi connectivity index (χ4n) is 3.12. The lowest BCUT2D eigenvalue weighted by molar-refractivity contribution is 0.0496. The Hall–Kier alpha value is -2.48. The summed E-state index contributed by atoms with van der Waals surface area (Å²) >= 11 is 0. The second-order valence-corrected chi connectivity index (χ2v) is 7.75. The highest BCUT2D eigenvalue weighted by Gasteiger charge is 2.33. The summed E-state index contributed by atoms with van der Waals surface area (Å²) in [6, 6.07) is 7.92. The van der Waals surface area contributed by atoms with Crippen LogP contribution in [0.25, 0.3) is 0 Å². The number of anilines is 2. The summed E-state index contributed by atoms with van der Waals surface area (Å²) in [6.45, 7) is 9.92. The number of hydrogen-bond donors (Lipinski definition) is 2. The van der Waals surface area contributed by atoms with Gasteiger partial charge in [0, 0.05) is 37.6 Å². The average Bonchev–Trinajstić information content (AvgIpc) is 3.00. The van der Waals surface area contributed by atoms with E-state index in [-0.39, 0.29) is 6.54 Å². The average molecular weight is 376 g/mol. The highest BCUT2D eigenvalue weighted by atomic mass is 16.6. The van der Waals surface area contributed by atoms with Gasteiger partial charge < -0.3 is 25.0 Å². The number of carbonyl (C=O) groups excluding carboxylic acids is 2. The zero-order valence-electron chi connectivity index (χ0n) is 16.2. The van der Waals surface area contributed by atoms with Crippen molar-refractivity contribution in [3.8, 4) is 0 Å². The van der Waals surface area contributed by atoms with Crippen LogP contribution in [0.4, 0.5) is 21.0 Å². The molecule has 2 fully saturated rings. The van der Waals surface area contributed by atoms with Crippen molar-refractivity contribution in [1.82, 2.24) is 10.6 Å². The van der Waals surface area contributed by atoms with Gasteiger partial charge in [-0.25, -0.2) is 9.59 Å². The lowest BCUT2D eigenvalue weighted by Gasteiger charge is -2.29. The van der Waals surface area contributed by atoms with Gasteiger partial charge in [-0.1, -0.05) is 0 Å². The van der Waals surface area contributed by atoms with Crippen LogP contribution >= 0.6 is 0 Å². The first kappa shape index (κ1) is 19.3. The van der Waals surface area contributed by atoms with Crippen LogP contribution in [0.15, 0.2) is 24.3 Å². The molecule has 1 aromatic rings. The lowest BCUT2D eigenvalue weighted by Crippen LogP contribution is -2.43. The van der Waals surface area contributed by atoms with Crippen LogP contribution in [-0.4, -0.2) is 63.2 Å². The van der Waals surface area contributed by atoms with Crippen LogP contribution in [0.2, 0.25) is 0 Å². The molecule has 0 radical (unpaired) electrons. The number of rotatable bonds is 4. The van der Waals surface area contributed by atoms with Crippen molar-refractivity contribution in [2.24, 2.45) is 0 Å². The summed E-state index contributed by atoms with van der Waals surface area (Å²) < 4.78 is 10.5. The number of piperazine rings is 1. The fourth-order valence-corrected chi connectivity index (χ4v) is 3.12. The molecule has 2 aliphatic rings. The maximum atomic E-state index is 12.2. The summed E-state index contributed by atoms with van der Waals surface area (Å²) in [5, 5.41) is 5.98. The molecule has 0 aliphatic carbocycles. The normalized spacial score (nSPS) is 20.4. The number of hydrogen-bond acceptors (Lipinski definition) is 6. The first-order valence-electron chi connectivity index (χ1n) is 9.32. The molecule has 27 heavy (non-hydrogen) atoms.